The number of nitrogens with one attached hydrogen (secondary N) is 1. The number of benzene rings is 2. The topological polar surface area (TPSA) is 38.0 Å². The van der Waals surface area contributed by atoms with E-state index in [1.165, 1.54) is 22.1 Å². The van der Waals surface area contributed by atoms with Crippen molar-refractivity contribution in [1.82, 2.24) is 5.43 Å². The van der Waals surface area contributed by atoms with Gasteiger partial charge in [0.15, 0.2) is 0 Å². The van der Waals surface area contributed by atoms with Crippen molar-refractivity contribution in [1.29, 1.82) is 0 Å². The third kappa shape index (κ3) is 3.72. The lowest BCUT2D eigenvalue weighted by Gasteiger charge is -2.18. The number of hydrogen-bond acceptors (Lipinski definition) is 3. The molecule has 19 heavy (non-hydrogen) atoms. The molecule has 0 saturated heterocycles. The van der Waals surface area contributed by atoms with Gasteiger partial charge in [-0.05, 0) is 28.0 Å². The number of thioether (sulfide) groups is 1. The molecule has 102 valence electrons. The van der Waals surface area contributed by atoms with Crippen molar-refractivity contribution in [2.45, 2.75) is 19.9 Å². The van der Waals surface area contributed by atoms with E-state index >= 15 is 0 Å². The molecule has 0 aliphatic carbocycles. The Morgan fingerprint density at radius 2 is 1.79 bits per heavy atom. The molecule has 0 aliphatic rings. The Morgan fingerprint density at radius 1 is 1.05 bits per heavy atom. The first kappa shape index (κ1) is 14.4. The molecule has 2 aromatic carbocycles. The van der Waals surface area contributed by atoms with E-state index in [1.807, 2.05) is 11.8 Å². The largest absolute Gasteiger partial charge is 0.271 e. The Kier molecular flexibility index (Phi) is 5.25. The fourth-order valence-corrected chi connectivity index (χ4v) is 3.32. The van der Waals surface area contributed by atoms with Crippen LogP contribution in [0.3, 0.4) is 0 Å². The molecule has 0 amide bonds. The predicted octanol–water partition coefficient (Wildman–Crippen LogP) is 3.73. The van der Waals surface area contributed by atoms with Crippen molar-refractivity contribution in [3.8, 4) is 0 Å². The van der Waals surface area contributed by atoms with E-state index in [0.717, 1.165) is 11.7 Å². The van der Waals surface area contributed by atoms with Gasteiger partial charge in [0, 0.05) is 5.75 Å². The minimum Gasteiger partial charge on any atom is -0.271 e. The maximum absolute atomic E-state index is 5.75. The summed E-state index contributed by atoms with van der Waals surface area (Å²) in [6.07, 6.45) is 0. The van der Waals surface area contributed by atoms with Crippen LogP contribution in [0, 0.1) is 5.92 Å². The molecule has 2 rings (SSSR count). The second-order valence-electron chi connectivity index (χ2n) is 5.22. The average Bonchev–Trinajstić information content (AvgIpc) is 2.43. The number of fused-ring (bicyclic) bond motifs is 1. The van der Waals surface area contributed by atoms with Crippen LogP contribution in [0.15, 0.2) is 42.5 Å². The molecule has 1 atom stereocenters. The summed E-state index contributed by atoms with van der Waals surface area (Å²) in [4.78, 5) is 0. The van der Waals surface area contributed by atoms with Crippen molar-refractivity contribution < 1.29 is 0 Å². The fraction of sp³-hybridized carbons (Fsp3) is 0.375. The first-order valence-corrected chi connectivity index (χ1v) is 7.89. The van der Waals surface area contributed by atoms with Gasteiger partial charge in [-0.2, -0.15) is 11.8 Å². The molecule has 2 aromatic rings. The molecule has 0 aliphatic heterocycles. The van der Waals surface area contributed by atoms with Crippen LogP contribution in [0.5, 0.6) is 0 Å². The predicted molar refractivity (Wildman–Crippen MR) is 86.2 cm³/mol. The van der Waals surface area contributed by atoms with E-state index in [4.69, 9.17) is 5.84 Å². The van der Waals surface area contributed by atoms with Crippen molar-refractivity contribution >= 4 is 22.5 Å². The molecular weight excluding hydrogens is 252 g/mol. The minimum atomic E-state index is 0.204. The molecule has 0 aromatic heterocycles. The first-order chi connectivity index (χ1) is 9.22. The van der Waals surface area contributed by atoms with Crippen LogP contribution in [-0.4, -0.2) is 11.5 Å². The molecule has 1 unspecified atom stereocenters. The highest BCUT2D eigenvalue weighted by atomic mass is 32.2. The Morgan fingerprint density at radius 3 is 2.53 bits per heavy atom. The van der Waals surface area contributed by atoms with Crippen molar-refractivity contribution in [3.63, 3.8) is 0 Å². The summed E-state index contributed by atoms with van der Waals surface area (Å²) in [5.41, 5.74) is 4.25. The van der Waals surface area contributed by atoms with Gasteiger partial charge in [0.05, 0.1) is 6.04 Å². The van der Waals surface area contributed by atoms with Gasteiger partial charge in [-0.25, -0.2) is 0 Å². The van der Waals surface area contributed by atoms with E-state index in [2.05, 4.69) is 61.7 Å². The second kappa shape index (κ2) is 6.94. The smallest absolute Gasteiger partial charge is 0.0556 e. The highest BCUT2D eigenvalue weighted by Crippen LogP contribution is 2.26. The molecule has 0 heterocycles. The minimum absolute atomic E-state index is 0.204. The average molecular weight is 274 g/mol. The van der Waals surface area contributed by atoms with Crippen LogP contribution >= 0.6 is 11.8 Å². The van der Waals surface area contributed by atoms with Crippen LogP contribution in [0.25, 0.3) is 10.8 Å². The van der Waals surface area contributed by atoms with E-state index < -0.39 is 0 Å². The molecule has 0 bridgehead atoms. The summed E-state index contributed by atoms with van der Waals surface area (Å²) in [5, 5.41) is 2.56. The van der Waals surface area contributed by atoms with Gasteiger partial charge in [0.1, 0.15) is 0 Å². The van der Waals surface area contributed by atoms with E-state index in [1.54, 1.807) is 0 Å². The highest BCUT2D eigenvalue weighted by Gasteiger charge is 2.12. The van der Waals surface area contributed by atoms with Crippen molar-refractivity contribution in [2.24, 2.45) is 11.8 Å². The lowest BCUT2D eigenvalue weighted by atomic mass is 10.00. The molecule has 0 saturated carbocycles. The lowest BCUT2D eigenvalue weighted by Crippen LogP contribution is -2.30. The summed E-state index contributed by atoms with van der Waals surface area (Å²) in [7, 11) is 0. The van der Waals surface area contributed by atoms with Gasteiger partial charge < -0.3 is 0 Å². The summed E-state index contributed by atoms with van der Waals surface area (Å²) >= 11 is 1.95. The maximum Gasteiger partial charge on any atom is 0.0556 e. The van der Waals surface area contributed by atoms with Crippen molar-refractivity contribution in [3.05, 3.63) is 48.0 Å². The summed E-state index contributed by atoms with van der Waals surface area (Å²) in [6.45, 7) is 4.49. The standard InChI is InChI=1S/C16H22N2S/c1-12(2)10-19-11-16(18-17)15-9-5-7-13-6-3-4-8-14(13)15/h3-9,12,16,18H,10-11,17H2,1-2H3. The molecule has 0 fully saturated rings. The first-order valence-electron chi connectivity index (χ1n) is 6.74. The Labute approximate surface area is 119 Å². The van der Waals surface area contributed by atoms with E-state index in [0.29, 0.717) is 0 Å². The van der Waals surface area contributed by atoms with E-state index in [9.17, 15) is 0 Å². The van der Waals surface area contributed by atoms with Crippen molar-refractivity contribution in [2.75, 3.05) is 11.5 Å². The zero-order valence-corrected chi connectivity index (χ0v) is 12.4. The summed E-state index contributed by atoms with van der Waals surface area (Å²) < 4.78 is 0. The van der Waals surface area contributed by atoms with Crippen LogP contribution < -0.4 is 11.3 Å². The molecule has 0 radical (unpaired) electrons. The fourth-order valence-electron chi connectivity index (χ4n) is 2.20. The molecule has 3 heteroatoms. The third-order valence-corrected chi connectivity index (χ3v) is 4.61. The van der Waals surface area contributed by atoms with Crippen LogP contribution in [0.1, 0.15) is 25.5 Å². The number of hydrazine groups is 1. The lowest BCUT2D eigenvalue weighted by molar-refractivity contribution is 0.613. The van der Waals surface area contributed by atoms with Gasteiger partial charge in [-0.3, -0.25) is 11.3 Å². The molecule has 3 N–H and O–H groups in total. The monoisotopic (exact) mass is 274 g/mol. The Bertz CT molecular complexity index is 520. The highest BCUT2D eigenvalue weighted by molar-refractivity contribution is 7.99. The number of hydrogen-bond donors (Lipinski definition) is 2. The maximum atomic E-state index is 5.75. The third-order valence-electron chi connectivity index (χ3n) is 3.14. The molecule has 2 nitrogen and oxygen atoms in total. The Hall–Kier alpha value is -1.03. The molecular formula is C16H22N2S. The zero-order chi connectivity index (χ0) is 13.7. The van der Waals surface area contributed by atoms with Crippen LogP contribution in [-0.2, 0) is 0 Å². The van der Waals surface area contributed by atoms with E-state index in [-0.39, 0.29) is 6.04 Å². The van der Waals surface area contributed by atoms with Gasteiger partial charge in [0.2, 0.25) is 0 Å². The van der Waals surface area contributed by atoms with Crippen LogP contribution in [0.2, 0.25) is 0 Å². The number of nitrogens with two attached hydrogens (primary N) is 1. The summed E-state index contributed by atoms with van der Waals surface area (Å²) in [5.74, 6) is 8.64. The summed E-state index contributed by atoms with van der Waals surface area (Å²) in [6, 6.07) is 15.1. The normalized spacial score (nSPS) is 13.1. The van der Waals surface area contributed by atoms with Gasteiger partial charge in [-0.15, -0.1) is 0 Å². The number of rotatable bonds is 6. The molecule has 0 spiro atoms. The van der Waals surface area contributed by atoms with Gasteiger partial charge in [0.25, 0.3) is 0 Å². The quantitative estimate of drug-likeness (QED) is 0.622. The second-order valence-corrected chi connectivity index (χ2v) is 6.29. The SMILES string of the molecule is CC(C)CSCC(NN)c1cccc2ccccc12. The van der Waals surface area contributed by atoms with Gasteiger partial charge >= 0.3 is 0 Å². The zero-order valence-electron chi connectivity index (χ0n) is 11.6. The van der Waals surface area contributed by atoms with Crippen LogP contribution in [0.4, 0.5) is 0 Å². The van der Waals surface area contributed by atoms with Gasteiger partial charge in [-0.1, -0.05) is 56.3 Å². The Balaban J connectivity index is 2.20.